The monoisotopic (exact) mass is 366 g/mol. The van der Waals surface area contributed by atoms with Crippen LogP contribution in [0.25, 0.3) is 0 Å². The molecule has 0 spiro atoms. The number of benzene rings is 1. The second-order valence-corrected chi connectivity index (χ2v) is 7.05. The maximum atomic E-state index is 12.5. The zero-order chi connectivity index (χ0) is 18.8. The Bertz CT molecular complexity index is 853. The first-order valence-corrected chi connectivity index (χ1v) is 9.15. The summed E-state index contributed by atoms with van der Waals surface area (Å²) in [5.74, 6) is 1.33. The van der Waals surface area contributed by atoms with E-state index >= 15 is 0 Å². The summed E-state index contributed by atoms with van der Waals surface area (Å²) in [6.45, 7) is 1.42. The van der Waals surface area contributed by atoms with Gasteiger partial charge in [0.2, 0.25) is 5.91 Å². The van der Waals surface area contributed by atoms with Crippen molar-refractivity contribution in [1.82, 2.24) is 15.6 Å². The van der Waals surface area contributed by atoms with Crippen LogP contribution in [0.2, 0.25) is 0 Å². The highest BCUT2D eigenvalue weighted by Crippen LogP contribution is 2.28. The molecular weight excluding hydrogens is 344 g/mol. The predicted molar refractivity (Wildman–Crippen MR) is 101 cm³/mol. The van der Waals surface area contributed by atoms with Crippen molar-refractivity contribution in [1.29, 1.82) is 0 Å². The molecule has 0 unspecified atom stereocenters. The van der Waals surface area contributed by atoms with Crippen molar-refractivity contribution >= 4 is 17.6 Å². The third-order valence-corrected chi connectivity index (χ3v) is 5.00. The quantitative estimate of drug-likeness (QED) is 0.756. The van der Waals surface area contributed by atoms with E-state index in [4.69, 9.17) is 4.74 Å². The number of carbonyl (C=O) groups excluding carboxylic acids is 2. The van der Waals surface area contributed by atoms with Crippen LogP contribution >= 0.6 is 0 Å². The molecule has 2 fully saturated rings. The molecule has 7 nitrogen and oxygen atoms in total. The number of fused-ring (bicyclic) bond motifs is 2. The second-order valence-electron chi connectivity index (χ2n) is 7.05. The van der Waals surface area contributed by atoms with E-state index in [-0.39, 0.29) is 17.9 Å². The van der Waals surface area contributed by atoms with Gasteiger partial charge in [-0.2, -0.15) is 0 Å². The molecule has 0 saturated carbocycles. The average molecular weight is 366 g/mol. The molecule has 3 heterocycles. The Balaban J connectivity index is 1.37. The van der Waals surface area contributed by atoms with Crippen molar-refractivity contribution in [3.63, 3.8) is 0 Å². The van der Waals surface area contributed by atoms with Crippen molar-refractivity contribution in [2.24, 2.45) is 0 Å². The summed E-state index contributed by atoms with van der Waals surface area (Å²) in [6.07, 6.45) is 4.92. The van der Waals surface area contributed by atoms with Crippen LogP contribution in [0.4, 0.5) is 5.82 Å². The molecule has 2 bridgehead atoms. The van der Waals surface area contributed by atoms with E-state index in [0.29, 0.717) is 35.0 Å². The third kappa shape index (κ3) is 4.09. The summed E-state index contributed by atoms with van der Waals surface area (Å²) in [4.78, 5) is 27.6. The highest BCUT2D eigenvalue weighted by Gasteiger charge is 2.39. The summed E-state index contributed by atoms with van der Waals surface area (Å²) in [5.41, 5.74) is 0.610. The Labute approximate surface area is 157 Å². The predicted octanol–water partition coefficient (Wildman–Crippen LogP) is 2.46. The summed E-state index contributed by atoms with van der Waals surface area (Å²) in [7, 11) is 0. The Hall–Kier alpha value is -2.93. The normalized spacial score (nSPS) is 23.1. The van der Waals surface area contributed by atoms with Gasteiger partial charge < -0.3 is 20.7 Å². The van der Waals surface area contributed by atoms with Crippen LogP contribution in [-0.2, 0) is 4.79 Å². The summed E-state index contributed by atoms with van der Waals surface area (Å²) in [6, 6.07) is 11.5. The summed E-state index contributed by atoms with van der Waals surface area (Å²) < 4.78 is 5.78. The molecule has 2 aromatic rings. The first kappa shape index (κ1) is 17.5. The molecule has 2 aliphatic heterocycles. The standard InChI is InChI=1S/C20H22N4O3/c1-12(25)22-19-11-16(8-9-21-19)27-15-5-2-13(3-6-15)20(26)24-18-10-14-4-7-17(18)23-14/h2-3,5-6,8-9,11,14,17-18,23H,4,7,10H2,1H3,(H,24,26)(H,21,22,25)/t14-,17+,18-/m1/s1. The number of nitrogens with one attached hydrogen (secondary N) is 3. The number of rotatable bonds is 5. The van der Waals surface area contributed by atoms with E-state index in [2.05, 4.69) is 20.9 Å². The fraction of sp³-hybridized carbons (Fsp3) is 0.350. The maximum Gasteiger partial charge on any atom is 0.251 e. The Morgan fingerprint density at radius 3 is 2.63 bits per heavy atom. The number of anilines is 1. The van der Waals surface area contributed by atoms with Crippen molar-refractivity contribution < 1.29 is 14.3 Å². The molecule has 2 amide bonds. The van der Waals surface area contributed by atoms with Gasteiger partial charge in [0.05, 0.1) is 0 Å². The van der Waals surface area contributed by atoms with Crippen LogP contribution in [0, 0.1) is 0 Å². The lowest BCUT2D eigenvalue weighted by Crippen LogP contribution is -2.42. The minimum absolute atomic E-state index is 0.0576. The lowest BCUT2D eigenvalue weighted by molar-refractivity contribution is -0.114. The van der Waals surface area contributed by atoms with Gasteiger partial charge in [-0.25, -0.2) is 4.98 Å². The Morgan fingerprint density at radius 1 is 1.15 bits per heavy atom. The third-order valence-electron chi connectivity index (χ3n) is 5.00. The first-order valence-electron chi connectivity index (χ1n) is 9.15. The number of hydrogen-bond donors (Lipinski definition) is 3. The first-order chi connectivity index (χ1) is 13.1. The topological polar surface area (TPSA) is 92.3 Å². The summed E-state index contributed by atoms with van der Waals surface area (Å²) in [5, 5.41) is 9.26. The zero-order valence-corrected chi connectivity index (χ0v) is 15.1. The highest BCUT2D eigenvalue weighted by atomic mass is 16.5. The van der Waals surface area contributed by atoms with Gasteiger partial charge in [0.1, 0.15) is 17.3 Å². The largest absolute Gasteiger partial charge is 0.457 e. The molecule has 0 aliphatic carbocycles. The molecule has 2 aliphatic rings. The molecule has 4 rings (SSSR count). The van der Waals surface area contributed by atoms with E-state index in [1.807, 2.05) is 0 Å². The van der Waals surface area contributed by atoms with Crippen LogP contribution in [0.15, 0.2) is 42.6 Å². The molecule has 1 aromatic heterocycles. The smallest absolute Gasteiger partial charge is 0.251 e. The second kappa shape index (κ2) is 7.36. The number of aromatic nitrogens is 1. The Morgan fingerprint density at radius 2 is 1.96 bits per heavy atom. The van der Waals surface area contributed by atoms with E-state index in [0.717, 1.165) is 12.8 Å². The fourth-order valence-corrected chi connectivity index (χ4v) is 3.77. The van der Waals surface area contributed by atoms with Gasteiger partial charge in [-0.05, 0) is 49.6 Å². The molecular formula is C20H22N4O3. The van der Waals surface area contributed by atoms with Crippen LogP contribution < -0.4 is 20.7 Å². The van der Waals surface area contributed by atoms with E-state index in [9.17, 15) is 9.59 Å². The van der Waals surface area contributed by atoms with Gasteiger partial charge in [-0.15, -0.1) is 0 Å². The maximum absolute atomic E-state index is 12.5. The fourth-order valence-electron chi connectivity index (χ4n) is 3.77. The SMILES string of the molecule is CC(=O)Nc1cc(Oc2ccc(C(=O)N[C@@H]3C[C@H]4CC[C@@H]3N4)cc2)ccn1. The molecule has 0 radical (unpaired) electrons. The molecule has 27 heavy (non-hydrogen) atoms. The molecule has 3 N–H and O–H groups in total. The van der Waals surface area contributed by atoms with Gasteiger partial charge in [0.25, 0.3) is 5.91 Å². The van der Waals surface area contributed by atoms with Crippen LogP contribution in [0.3, 0.4) is 0 Å². The lowest BCUT2D eigenvalue weighted by Gasteiger charge is -2.21. The highest BCUT2D eigenvalue weighted by molar-refractivity contribution is 5.94. The van der Waals surface area contributed by atoms with Gasteiger partial charge in [-0.3, -0.25) is 9.59 Å². The van der Waals surface area contributed by atoms with E-state index < -0.39 is 0 Å². The minimum atomic E-state index is -0.194. The van der Waals surface area contributed by atoms with Crippen molar-refractivity contribution in [2.45, 2.75) is 44.3 Å². The van der Waals surface area contributed by atoms with E-state index in [1.54, 1.807) is 42.6 Å². The zero-order valence-electron chi connectivity index (χ0n) is 15.1. The molecule has 7 heteroatoms. The van der Waals surface area contributed by atoms with Gasteiger partial charge >= 0.3 is 0 Å². The van der Waals surface area contributed by atoms with Crippen molar-refractivity contribution in [2.75, 3.05) is 5.32 Å². The lowest BCUT2D eigenvalue weighted by atomic mass is 9.95. The number of nitrogens with zero attached hydrogens (tertiary/aromatic N) is 1. The van der Waals surface area contributed by atoms with Gasteiger partial charge in [-0.1, -0.05) is 0 Å². The van der Waals surface area contributed by atoms with Gasteiger partial charge in [0, 0.05) is 42.9 Å². The van der Waals surface area contributed by atoms with Crippen LogP contribution in [0.5, 0.6) is 11.5 Å². The molecule has 1 aromatic carbocycles. The molecule has 2 saturated heterocycles. The number of amides is 2. The average Bonchev–Trinajstić information content (AvgIpc) is 3.25. The van der Waals surface area contributed by atoms with E-state index in [1.165, 1.54) is 13.3 Å². The van der Waals surface area contributed by atoms with Crippen LogP contribution in [-0.4, -0.2) is 34.9 Å². The number of hydrogen-bond acceptors (Lipinski definition) is 5. The van der Waals surface area contributed by atoms with Crippen molar-refractivity contribution in [3.8, 4) is 11.5 Å². The summed E-state index contributed by atoms with van der Waals surface area (Å²) >= 11 is 0. The molecule has 140 valence electrons. The minimum Gasteiger partial charge on any atom is -0.457 e. The molecule has 3 atom stereocenters. The number of carbonyl (C=O) groups is 2. The number of pyridine rings is 1. The Kier molecular flexibility index (Phi) is 4.77. The van der Waals surface area contributed by atoms with Gasteiger partial charge in [0.15, 0.2) is 0 Å². The van der Waals surface area contributed by atoms with Crippen molar-refractivity contribution in [3.05, 3.63) is 48.2 Å². The van der Waals surface area contributed by atoms with Crippen LogP contribution in [0.1, 0.15) is 36.5 Å². The number of ether oxygens (including phenoxy) is 1.